The third kappa shape index (κ3) is 4.12. The van der Waals surface area contributed by atoms with Gasteiger partial charge in [-0.1, -0.05) is 23.7 Å². The largest absolute Gasteiger partial charge is 0.391 e. The molecule has 0 spiro atoms. The summed E-state index contributed by atoms with van der Waals surface area (Å²) in [5, 5.41) is 13.3. The molecule has 2 atom stereocenters. The minimum absolute atomic E-state index is 0.0665. The van der Waals surface area contributed by atoms with Crippen molar-refractivity contribution in [3.05, 3.63) is 69.1 Å². The molecule has 136 valence electrons. The summed E-state index contributed by atoms with van der Waals surface area (Å²) in [4.78, 5) is 40.1. The number of aromatic amines is 1. The number of pyridine rings is 1. The normalized spacial score (nSPS) is 19.4. The number of carbonyl (C=O) groups is 2. The number of aliphatic hydroxyl groups excluding tert-OH is 1. The van der Waals surface area contributed by atoms with Crippen molar-refractivity contribution in [2.24, 2.45) is 0 Å². The van der Waals surface area contributed by atoms with Gasteiger partial charge in [-0.25, -0.2) is 0 Å². The van der Waals surface area contributed by atoms with Gasteiger partial charge < -0.3 is 20.3 Å². The number of β-amino-alcohol motifs (C(OH)–C–C–N with tert-alkyl or cyclic N) is 1. The first kappa shape index (κ1) is 18.2. The summed E-state index contributed by atoms with van der Waals surface area (Å²) in [6.07, 6.45) is 0.701. The molecule has 1 aliphatic rings. The minimum atomic E-state index is -0.770. The molecule has 2 amide bonds. The summed E-state index contributed by atoms with van der Waals surface area (Å²) in [5.74, 6) is -0.751. The predicted octanol–water partition coefficient (Wildman–Crippen LogP) is 0.920. The lowest BCUT2D eigenvalue weighted by atomic mass is 10.1. The summed E-state index contributed by atoms with van der Waals surface area (Å²) in [6.45, 7) is 0.361. The van der Waals surface area contributed by atoms with Crippen molar-refractivity contribution in [3.8, 4) is 0 Å². The Morgan fingerprint density at radius 3 is 2.62 bits per heavy atom. The maximum atomic E-state index is 12.6. The number of hydrogen-bond donors (Lipinski definition) is 3. The van der Waals surface area contributed by atoms with Crippen LogP contribution in [0.4, 0.5) is 0 Å². The highest BCUT2D eigenvalue weighted by Crippen LogP contribution is 2.21. The molecule has 0 unspecified atom stereocenters. The van der Waals surface area contributed by atoms with Crippen LogP contribution < -0.4 is 10.9 Å². The van der Waals surface area contributed by atoms with Gasteiger partial charge in [-0.15, -0.1) is 0 Å². The number of aliphatic hydroxyl groups is 1. The van der Waals surface area contributed by atoms with E-state index in [9.17, 15) is 19.5 Å². The van der Waals surface area contributed by atoms with E-state index in [-0.39, 0.29) is 30.0 Å². The van der Waals surface area contributed by atoms with E-state index in [1.54, 1.807) is 24.3 Å². The molecule has 0 aliphatic carbocycles. The molecule has 2 heterocycles. The fourth-order valence-electron chi connectivity index (χ4n) is 2.91. The van der Waals surface area contributed by atoms with Crippen molar-refractivity contribution in [2.75, 3.05) is 6.54 Å². The van der Waals surface area contributed by atoms with Gasteiger partial charge >= 0.3 is 0 Å². The van der Waals surface area contributed by atoms with E-state index in [0.29, 0.717) is 11.6 Å². The predicted molar refractivity (Wildman–Crippen MR) is 95.8 cm³/mol. The third-order valence-electron chi connectivity index (χ3n) is 4.25. The summed E-state index contributed by atoms with van der Waals surface area (Å²) in [6, 6.07) is 8.94. The summed E-state index contributed by atoms with van der Waals surface area (Å²) >= 11 is 5.83. The average molecular weight is 376 g/mol. The molecule has 0 bridgehead atoms. The molecule has 7 nitrogen and oxygen atoms in total. The van der Waals surface area contributed by atoms with Crippen molar-refractivity contribution in [2.45, 2.75) is 25.1 Å². The SMILES string of the molecule is O=C(NCc1ccc(Cl)cc1)[C@@H]1C[C@@H](O)CN1C(=O)c1ccc(=O)[nH]c1. The van der Waals surface area contributed by atoms with Crippen molar-refractivity contribution in [1.29, 1.82) is 0 Å². The summed E-state index contributed by atoms with van der Waals surface area (Å²) in [5.41, 5.74) is 0.814. The Morgan fingerprint density at radius 2 is 1.96 bits per heavy atom. The van der Waals surface area contributed by atoms with E-state index in [0.717, 1.165) is 5.56 Å². The lowest BCUT2D eigenvalue weighted by Gasteiger charge is -2.23. The first-order valence-corrected chi connectivity index (χ1v) is 8.52. The van der Waals surface area contributed by atoms with Gasteiger partial charge in [-0.3, -0.25) is 14.4 Å². The van der Waals surface area contributed by atoms with Crippen LogP contribution in [0.25, 0.3) is 0 Å². The number of likely N-dealkylation sites (tertiary alicyclic amines) is 1. The Balaban J connectivity index is 1.69. The lowest BCUT2D eigenvalue weighted by Crippen LogP contribution is -2.45. The van der Waals surface area contributed by atoms with Crippen LogP contribution in [0.1, 0.15) is 22.3 Å². The van der Waals surface area contributed by atoms with Crippen molar-refractivity contribution in [1.82, 2.24) is 15.2 Å². The molecule has 0 saturated carbocycles. The fourth-order valence-corrected chi connectivity index (χ4v) is 3.03. The van der Waals surface area contributed by atoms with Crippen LogP contribution in [0.2, 0.25) is 5.02 Å². The Labute approximate surface area is 154 Å². The summed E-state index contributed by atoms with van der Waals surface area (Å²) in [7, 11) is 0. The van der Waals surface area contributed by atoms with E-state index in [1.165, 1.54) is 23.2 Å². The zero-order valence-corrected chi connectivity index (χ0v) is 14.6. The number of halogens is 1. The molecule has 8 heteroatoms. The maximum absolute atomic E-state index is 12.6. The molecule has 1 aromatic carbocycles. The van der Waals surface area contributed by atoms with E-state index in [4.69, 9.17) is 11.6 Å². The maximum Gasteiger partial charge on any atom is 0.256 e. The number of H-pyrrole nitrogens is 1. The first-order chi connectivity index (χ1) is 12.4. The number of benzene rings is 1. The van der Waals surface area contributed by atoms with Gasteiger partial charge in [0.05, 0.1) is 11.7 Å². The molecule has 3 rings (SSSR count). The minimum Gasteiger partial charge on any atom is -0.391 e. The molecule has 2 aromatic rings. The fraction of sp³-hybridized carbons (Fsp3) is 0.278. The van der Waals surface area contributed by atoms with Crippen LogP contribution >= 0.6 is 11.6 Å². The number of rotatable bonds is 4. The van der Waals surface area contributed by atoms with Crippen LogP contribution in [0.15, 0.2) is 47.4 Å². The highest BCUT2D eigenvalue weighted by Gasteiger charge is 2.39. The quantitative estimate of drug-likeness (QED) is 0.739. The number of hydrogen-bond acceptors (Lipinski definition) is 4. The van der Waals surface area contributed by atoms with Crippen LogP contribution in [0.3, 0.4) is 0 Å². The Bertz CT molecular complexity index is 845. The van der Waals surface area contributed by atoms with Crippen LogP contribution in [-0.2, 0) is 11.3 Å². The highest BCUT2D eigenvalue weighted by atomic mass is 35.5. The van der Waals surface area contributed by atoms with Crippen LogP contribution in [0, 0.1) is 0 Å². The van der Waals surface area contributed by atoms with Crippen molar-refractivity contribution >= 4 is 23.4 Å². The molecular formula is C18H18ClN3O4. The average Bonchev–Trinajstić information content (AvgIpc) is 3.03. The van der Waals surface area contributed by atoms with E-state index < -0.39 is 18.1 Å². The van der Waals surface area contributed by atoms with Crippen LogP contribution in [-0.4, -0.2) is 45.5 Å². The standard InChI is InChI=1S/C18H18ClN3O4/c19-13-4-1-11(2-5-13)8-21-17(25)15-7-14(23)10-22(15)18(26)12-3-6-16(24)20-9-12/h1-6,9,14-15,23H,7-8,10H2,(H,20,24)(H,21,25)/t14-,15+/m1/s1. The highest BCUT2D eigenvalue weighted by molar-refractivity contribution is 6.30. The molecular weight excluding hydrogens is 358 g/mol. The van der Waals surface area contributed by atoms with E-state index in [1.807, 2.05) is 0 Å². The second kappa shape index (κ2) is 7.72. The van der Waals surface area contributed by atoms with Crippen molar-refractivity contribution < 1.29 is 14.7 Å². The second-order valence-electron chi connectivity index (χ2n) is 6.15. The van der Waals surface area contributed by atoms with Crippen molar-refractivity contribution in [3.63, 3.8) is 0 Å². The molecule has 1 aliphatic heterocycles. The van der Waals surface area contributed by atoms with Gasteiger partial charge in [-0.05, 0) is 23.8 Å². The van der Waals surface area contributed by atoms with Gasteiger partial charge in [0, 0.05) is 36.8 Å². The lowest BCUT2D eigenvalue weighted by molar-refractivity contribution is -0.125. The summed E-state index contributed by atoms with van der Waals surface area (Å²) < 4.78 is 0. The van der Waals surface area contributed by atoms with Gasteiger partial charge in [0.15, 0.2) is 0 Å². The Morgan fingerprint density at radius 1 is 1.23 bits per heavy atom. The molecule has 1 saturated heterocycles. The van der Waals surface area contributed by atoms with Gasteiger partial charge in [0.2, 0.25) is 11.5 Å². The number of amides is 2. The smallest absolute Gasteiger partial charge is 0.256 e. The van der Waals surface area contributed by atoms with Gasteiger partial charge in [-0.2, -0.15) is 0 Å². The topological polar surface area (TPSA) is 102 Å². The van der Waals surface area contributed by atoms with E-state index in [2.05, 4.69) is 10.3 Å². The second-order valence-corrected chi connectivity index (χ2v) is 6.59. The van der Waals surface area contributed by atoms with E-state index >= 15 is 0 Å². The molecule has 3 N–H and O–H groups in total. The number of carbonyl (C=O) groups excluding carboxylic acids is 2. The number of aromatic nitrogens is 1. The zero-order chi connectivity index (χ0) is 18.7. The molecule has 1 fully saturated rings. The Hall–Kier alpha value is -2.64. The molecule has 1 aromatic heterocycles. The van der Waals surface area contributed by atoms with Gasteiger partial charge in [0.1, 0.15) is 6.04 Å². The first-order valence-electron chi connectivity index (χ1n) is 8.14. The Kier molecular flexibility index (Phi) is 5.39. The zero-order valence-electron chi connectivity index (χ0n) is 13.8. The number of nitrogens with one attached hydrogen (secondary N) is 2. The molecule has 0 radical (unpaired) electrons. The molecule has 26 heavy (non-hydrogen) atoms. The number of nitrogens with zero attached hydrogens (tertiary/aromatic N) is 1. The third-order valence-corrected chi connectivity index (χ3v) is 4.51. The van der Waals surface area contributed by atoms with Gasteiger partial charge in [0.25, 0.3) is 5.91 Å². The van der Waals surface area contributed by atoms with Crippen LogP contribution in [0.5, 0.6) is 0 Å². The monoisotopic (exact) mass is 375 g/mol.